The highest BCUT2D eigenvalue weighted by molar-refractivity contribution is 5.74. The summed E-state index contributed by atoms with van der Waals surface area (Å²) in [5.74, 6) is 1.56. The Morgan fingerprint density at radius 2 is 1.90 bits per heavy atom. The number of anilines is 1. The number of benzene rings is 1. The van der Waals surface area contributed by atoms with Crippen LogP contribution >= 0.6 is 0 Å². The minimum atomic E-state index is -0.321. The van der Waals surface area contributed by atoms with Crippen LogP contribution in [0.15, 0.2) is 62.7 Å². The van der Waals surface area contributed by atoms with Crippen molar-refractivity contribution < 1.29 is 4.42 Å². The maximum Gasteiger partial charge on any atom is 0.332 e. The summed E-state index contributed by atoms with van der Waals surface area (Å²) in [5, 5.41) is 0. The molecule has 4 heterocycles. The van der Waals surface area contributed by atoms with Gasteiger partial charge in [-0.15, -0.1) is 0 Å². The third-order valence-corrected chi connectivity index (χ3v) is 5.92. The van der Waals surface area contributed by atoms with Crippen molar-refractivity contribution >= 4 is 17.1 Å². The van der Waals surface area contributed by atoms with Crippen LogP contribution < -0.4 is 16.1 Å². The molecule has 1 aliphatic rings. The number of fused-ring (bicyclic) bond motifs is 3. The SMILES string of the molecule is Cn1c(=O)n(CCCc2ccccc2)c(=O)c2c1nc1n2CCCN1Cc1ccco1. The van der Waals surface area contributed by atoms with Crippen molar-refractivity contribution in [2.45, 2.75) is 38.9 Å². The van der Waals surface area contributed by atoms with Crippen LogP contribution in [-0.4, -0.2) is 25.2 Å². The Balaban J connectivity index is 1.51. The summed E-state index contributed by atoms with van der Waals surface area (Å²) in [4.78, 5) is 33.1. The fourth-order valence-electron chi connectivity index (χ4n) is 4.36. The molecular formula is C23H25N5O3. The molecule has 0 aliphatic carbocycles. The Labute approximate surface area is 179 Å². The topological polar surface area (TPSA) is 78.2 Å². The van der Waals surface area contributed by atoms with Crippen molar-refractivity contribution in [1.29, 1.82) is 0 Å². The standard InChI is InChI=1S/C23H25N5O3/c1-25-20-19(21(29)28(23(25)30)13-5-10-17-8-3-2-4-9-17)27-14-7-12-26(22(27)24-20)16-18-11-6-15-31-18/h2-4,6,8-9,11,15H,5,7,10,12-14,16H2,1H3. The molecule has 0 radical (unpaired) electrons. The second-order valence-corrected chi connectivity index (χ2v) is 7.98. The van der Waals surface area contributed by atoms with Crippen LogP contribution in [0.25, 0.3) is 11.2 Å². The summed E-state index contributed by atoms with van der Waals surface area (Å²) in [6.07, 6.45) is 4.09. The average Bonchev–Trinajstić information content (AvgIpc) is 3.44. The van der Waals surface area contributed by atoms with Gasteiger partial charge in [-0.05, 0) is 37.0 Å². The van der Waals surface area contributed by atoms with Gasteiger partial charge in [-0.1, -0.05) is 30.3 Å². The van der Waals surface area contributed by atoms with Gasteiger partial charge in [0.15, 0.2) is 11.2 Å². The Hall–Kier alpha value is -3.55. The van der Waals surface area contributed by atoms with Crippen LogP contribution in [0, 0.1) is 0 Å². The van der Waals surface area contributed by atoms with Gasteiger partial charge in [-0.25, -0.2) is 4.79 Å². The van der Waals surface area contributed by atoms with E-state index in [4.69, 9.17) is 9.40 Å². The van der Waals surface area contributed by atoms with Gasteiger partial charge in [0, 0.05) is 26.7 Å². The summed E-state index contributed by atoms with van der Waals surface area (Å²) >= 11 is 0. The highest BCUT2D eigenvalue weighted by atomic mass is 16.3. The molecule has 5 rings (SSSR count). The lowest BCUT2D eigenvalue weighted by Crippen LogP contribution is -2.40. The summed E-state index contributed by atoms with van der Waals surface area (Å²) in [7, 11) is 1.69. The summed E-state index contributed by atoms with van der Waals surface area (Å²) in [6.45, 7) is 2.49. The van der Waals surface area contributed by atoms with Gasteiger partial charge in [0.25, 0.3) is 5.56 Å². The van der Waals surface area contributed by atoms with Crippen LogP contribution in [0.1, 0.15) is 24.2 Å². The van der Waals surface area contributed by atoms with Crippen LogP contribution in [0.5, 0.6) is 0 Å². The fourth-order valence-corrected chi connectivity index (χ4v) is 4.36. The monoisotopic (exact) mass is 419 g/mol. The molecule has 3 aromatic heterocycles. The quantitative estimate of drug-likeness (QED) is 0.480. The molecule has 0 unspecified atom stereocenters. The largest absolute Gasteiger partial charge is 0.467 e. The van der Waals surface area contributed by atoms with E-state index in [9.17, 15) is 9.59 Å². The number of imidazole rings is 1. The Morgan fingerprint density at radius 1 is 1.06 bits per heavy atom. The minimum Gasteiger partial charge on any atom is -0.467 e. The first kappa shape index (κ1) is 19.4. The van der Waals surface area contributed by atoms with Gasteiger partial charge < -0.3 is 13.9 Å². The molecule has 0 saturated heterocycles. The maximum absolute atomic E-state index is 13.4. The first-order chi connectivity index (χ1) is 15.1. The molecule has 0 bridgehead atoms. The van der Waals surface area contributed by atoms with E-state index < -0.39 is 0 Å². The lowest BCUT2D eigenvalue weighted by atomic mass is 10.1. The van der Waals surface area contributed by atoms with Gasteiger partial charge in [0.2, 0.25) is 5.95 Å². The zero-order valence-electron chi connectivity index (χ0n) is 17.5. The van der Waals surface area contributed by atoms with Gasteiger partial charge >= 0.3 is 5.69 Å². The van der Waals surface area contributed by atoms with Crippen molar-refractivity contribution in [3.8, 4) is 0 Å². The highest BCUT2D eigenvalue weighted by Crippen LogP contribution is 2.25. The van der Waals surface area contributed by atoms with E-state index >= 15 is 0 Å². The van der Waals surface area contributed by atoms with Crippen molar-refractivity contribution in [2.75, 3.05) is 11.4 Å². The van der Waals surface area contributed by atoms with E-state index in [2.05, 4.69) is 17.0 Å². The van der Waals surface area contributed by atoms with Gasteiger partial charge in [0.05, 0.1) is 12.8 Å². The van der Waals surface area contributed by atoms with E-state index in [1.807, 2.05) is 34.9 Å². The lowest BCUT2D eigenvalue weighted by molar-refractivity contribution is 0.481. The van der Waals surface area contributed by atoms with Crippen molar-refractivity contribution in [3.05, 3.63) is 80.9 Å². The number of hydrogen-bond donors (Lipinski definition) is 0. The number of aryl methyl sites for hydroxylation is 3. The third kappa shape index (κ3) is 3.48. The first-order valence-electron chi connectivity index (χ1n) is 10.6. The molecule has 31 heavy (non-hydrogen) atoms. The van der Waals surface area contributed by atoms with Crippen molar-refractivity contribution in [1.82, 2.24) is 18.7 Å². The van der Waals surface area contributed by atoms with Crippen LogP contribution in [0.4, 0.5) is 5.95 Å². The molecule has 8 heteroatoms. The van der Waals surface area contributed by atoms with E-state index in [0.29, 0.717) is 36.7 Å². The highest BCUT2D eigenvalue weighted by Gasteiger charge is 2.26. The number of nitrogens with zero attached hydrogens (tertiary/aromatic N) is 5. The number of furan rings is 1. The summed E-state index contributed by atoms with van der Waals surface area (Å²) in [6, 6.07) is 13.9. The second-order valence-electron chi connectivity index (χ2n) is 7.98. The van der Waals surface area contributed by atoms with Crippen LogP contribution in [0.3, 0.4) is 0 Å². The van der Waals surface area contributed by atoms with Crippen LogP contribution in [0.2, 0.25) is 0 Å². The van der Waals surface area contributed by atoms with E-state index in [1.54, 1.807) is 13.3 Å². The maximum atomic E-state index is 13.4. The molecule has 0 saturated carbocycles. The number of rotatable bonds is 6. The zero-order valence-corrected chi connectivity index (χ0v) is 17.5. The minimum absolute atomic E-state index is 0.259. The second kappa shape index (κ2) is 7.94. The van der Waals surface area contributed by atoms with Gasteiger partial charge in [-0.3, -0.25) is 13.9 Å². The first-order valence-corrected chi connectivity index (χ1v) is 10.6. The van der Waals surface area contributed by atoms with Gasteiger partial charge in [0.1, 0.15) is 5.76 Å². The molecule has 0 atom stereocenters. The molecule has 160 valence electrons. The fraction of sp³-hybridized carbons (Fsp3) is 0.348. The number of aromatic nitrogens is 4. The summed E-state index contributed by atoms with van der Waals surface area (Å²) < 4.78 is 10.3. The van der Waals surface area contributed by atoms with E-state index in [-0.39, 0.29) is 11.2 Å². The Morgan fingerprint density at radius 3 is 2.68 bits per heavy atom. The zero-order chi connectivity index (χ0) is 21.4. The number of hydrogen-bond acceptors (Lipinski definition) is 5. The van der Waals surface area contributed by atoms with Crippen LogP contribution in [-0.2, 0) is 33.1 Å². The molecule has 0 N–H and O–H groups in total. The summed E-state index contributed by atoms with van der Waals surface area (Å²) in [5.41, 5.74) is 1.56. The molecular weight excluding hydrogens is 394 g/mol. The van der Waals surface area contributed by atoms with Gasteiger partial charge in [-0.2, -0.15) is 4.98 Å². The normalized spacial score (nSPS) is 13.6. The molecule has 1 aromatic carbocycles. The predicted octanol–water partition coefficient (Wildman–Crippen LogP) is 2.53. The molecule has 0 fully saturated rings. The average molecular weight is 419 g/mol. The van der Waals surface area contributed by atoms with E-state index in [1.165, 1.54) is 14.7 Å². The van der Waals surface area contributed by atoms with E-state index in [0.717, 1.165) is 31.6 Å². The molecule has 8 nitrogen and oxygen atoms in total. The molecule has 0 spiro atoms. The Bertz CT molecular complexity index is 1320. The lowest BCUT2D eigenvalue weighted by Gasteiger charge is -2.28. The Kier molecular flexibility index (Phi) is 4.97. The third-order valence-electron chi connectivity index (χ3n) is 5.92. The smallest absolute Gasteiger partial charge is 0.332 e. The molecule has 4 aromatic rings. The van der Waals surface area contributed by atoms with Crippen molar-refractivity contribution in [2.24, 2.45) is 7.05 Å². The molecule has 1 aliphatic heterocycles. The van der Waals surface area contributed by atoms with Crippen molar-refractivity contribution in [3.63, 3.8) is 0 Å². The predicted molar refractivity (Wildman–Crippen MR) is 118 cm³/mol. The molecule has 0 amide bonds.